The van der Waals surface area contributed by atoms with Gasteiger partial charge in [0.15, 0.2) is 11.6 Å². The SMILES string of the molecule is COc1cccc2c(=O)n(-c3c(F)cc(C#Cc4ccccc4)cc3F)c(=O)n(C)c12. The summed E-state index contributed by atoms with van der Waals surface area (Å²) in [6.45, 7) is 0. The van der Waals surface area contributed by atoms with E-state index in [9.17, 15) is 18.4 Å². The number of nitrogens with zero attached hydrogens (tertiary/aromatic N) is 2. The molecule has 7 heteroatoms. The minimum atomic E-state index is -1.07. The molecule has 3 aromatic carbocycles. The fraction of sp³-hybridized carbons (Fsp3) is 0.0833. The van der Waals surface area contributed by atoms with Crippen LogP contribution in [-0.2, 0) is 7.05 Å². The van der Waals surface area contributed by atoms with Crippen molar-refractivity contribution in [2.75, 3.05) is 7.11 Å². The molecule has 5 nitrogen and oxygen atoms in total. The molecule has 0 spiro atoms. The Hall–Kier alpha value is -4.18. The molecular formula is C24H16F2N2O3. The average Bonchev–Trinajstić information content (AvgIpc) is 2.78. The highest BCUT2D eigenvalue weighted by Crippen LogP contribution is 2.23. The number of aryl methyl sites for hydroxylation is 1. The maximum Gasteiger partial charge on any atom is 0.336 e. The minimum Gasteiger partial charge on any atom is -0.495 e. The Morgan fingerprint density at radius 2 is 1.52 bits per heavy atom. The highest BCUT2D eigenvalue weighted by molar-refractivity contribution is 5.84. The Balaban J connectivity index is 1.93. The normalized spacial score (nSPS) is 10.6. The Labute approximate surface area is 175 Å². The number of fused-ring (bicyclic) bond motifs is 1. The fourth-order valence-electron chi connectivity index (χ4n) is 3.37. The maximum absolute atomic E-state index is 14.9. The lowest BCUT2D eigenvalue weighted by Crippen LogP contribution is -2.39. The first kappa shape index (κ1) is 20.1. The van der Waals surface area contributed by atoms with Crippen LogP contribution >= 0.6 is 0 Å². The number of ether oxygens (including phenoxy) is 1. The number of benzene rings is 3. The molecule has 0 radical (unpaired) electrons. The summed E-state index contributed by atoms with van der Waals surface area (Å²) in [7, 11) is 2.80. The van der Waals surface area contributed by atoms with Gasteiger partial charge in [-0.15, -0.1) is 0 Å². The second-order valence-corrected chi connectivity index (χ2v) is 6.74. The standard InChI is InChI=1S/C24H16F2N2O3/c1-27-21-17(9-6-10-20(21)31-2)23(29)28(24(27)30)22-18(25)13-16(14-19(22)26)12-11-15-7-4-3-5-8-15/h3-10,13-14H,1-2H3. The molecule has 0 unspecified atom stereocenters. The third-order valence-corrected chi connectivity index (χ3v) is 4.83. The lowest BCUT2D eigenvalue weighted by Gasteiger charge is -2.14. The molecule has 0 N–H and O–H groups in total. The number of rotatable bonds is 2. The van der Waals surface area contributed by atoms with Gasteiger partial charge in [-0.2, -0.15) is 0 Å². The Morgan fingerprint density at radius 1 is 0.871 bits per heavy atom. The van der Waals surface area contributed by atoms with Gasteiger partial charge in [-0.1, -0.05) is 36.1 Å². The van der Waals surface area contributed by atoms with Crippen LogP contribution in [0.25, 0.3) is 16.6 Å². The van der Waals surface area contributed by atoms with Crippen LogP contribution in [0.5, 0.6) is 5.75 Å². The van der Waals surface area contributed by atoms with Gasteiger partial charge in [0.25, 0.3) is 5.56 Å². The summed E-state index contributed by atoms with van der Waals surface area (Å²) in [6, 6.07) is 15.6. The van der Waals surface area contributed by atoms with E-state index in [4.69, 9.17) is 4.74 Å². The summed E-state index contributed by atoms with van der Waals surface area (Å²) in [5.41, 5.74) is -1.50. The van der Waals surface area contributed by atoms with Crippen molar-refractivity contribution in [1.82, 2.24) is 9.13 Å². The van der Waals surface area contributed by atoms with Gasteiger partial charge >= 0.3 is 5.69 Å². The topological polar surface area (TPSA) is 53.2 Å². The quantitative estimate of drug-likeness (QED) is 0.469. The van der Waals surface area contributed by atoms with Crippen LogP contribution in [0.4, 0.5) is 8.78 Å². The number of hydrogen-bond donors (Lipinski definition) is 0. The number of methoxy groups -OCH3 is 1. The second kappa shape index (κ2) is 7.92. The van der Waals surface area contributed by atoms with Crippen LogP contribution in [0.2, 0.25) is 0 Å². The molecule has 1 aromatic heterocycles. The molecule has 0 fully saturated rings. The summed E-state index contributed by atoms with van der Waals surface area (Å²) in [5.74, 6) is 3.66. The lowest BCUT2D eigenvalue weighted by atomic mass is 10.1. The summed E-state index contributed by atoms with van der Waals surface area (Å²) >= 11 is 0. The van der Waals surface area contributed by atoms with Gasteiger partial charge in [0.1, 0.15) is 17.0 Å². The average molecular weight is 418 g/mol. The highest BCUT2D eigenvalue weighted by Gasteiger charge is 2.21. The molecule has 0 aliphatic carbocycles. The van der Waals surface area contributed by atoms with Crippen molar-refractivity contribution >= 4 is 10.9 Å². The van der Waals surface area contributed by atoms with Gasteiger partial charge in [0.05, 0.1) is 12.5 Å². The predicted molar refractivity (Wildman–Crippen MR) is 114 cm³/mol. The number of para-hydroxylation sites is 1. The van der Waals surface area contributed by atoms with Crippen LogP contribution in [0, 0.1) is 23.5 Å². The first-order chi connectivity index (χ1) is 14.9. The molecular weight excluding hydrogens is 402 g/mol. The van der Waals surface area contributed by atoms with Crippen LogP contribution in [0.15, 0.2) is 70.3 Å². The van der Waals surface area contributed by atoms with Crippen molar-refractivity contribution in [2.24, 2.45) is 7.05 Å². The van der Waals surface area contributed by atoms with E-state index in [2.05, 4.69) is 11.8 Å². The molecule has 0 amide bonds. The van der Waals surface area contributed by atoms with Crippen molar-refractivity contribution < 1.29 is 13.5 Å². The van der Waals surface area contributed by atoms with E-state index in [0.29, 0.717) is 15.9 Å². The maximum atomic E-state index is 14.9. The Bertz CT molecular complexity index is 1470. The van der Waals surface area contributed by atoms with E-state index in [1.165, 1.54) is 20.2 Å². The zero-order valence-electron chi connectivity index (χ0n) is 16.6. The Kier molecular flexibility index (Phi) is 5.14. The largest absolute Gasteiger partial charge is 0.495 e. The predicted octanol–water partition coefficient (Wildman–Crippen LogP) is 3.38. The van der Waals surface area contributed by atoms with Gasteiger partial charge < -0.3 is 4.74 Å². The molecule has 0 saturated carbocycles. The van der Waals surface area contributed by atoms with Crippen LogP contribution in [0.1, 0.15) is 11.1 Å². The number of halogens is 2. The van der Waals surface area contributed by atoms with Gasteiger partial charge in [0.2, 0.25) is 0 Å². The minimum absolute atomic E-state index is 0.0786. The van der Waals surface area contributed by atoms with Crippen molar-refractivity contribution in [3.05, 3.63) is 104 Å². The van der Waals surface area contributed by atoms with Crippen LogP contribution in [0.3, 0.4) is 0 Å². The van der Waals surface area contributed by atoms with Gasteiger partial charge in [0, 0.05) is 18.2 Å². The van der Waals surface area contributed by atoms with Crippen molar-refractivity contribution in [2.45, 2.75) is 0 Å². The third kappa shape index (κ3) is 3.49. The first-order valence-corrected chi connectivity index (χ1v) is 9.27. The fourth-order valence-corrected chi connectivity index (χ4v) is 3.37. The van der Waals surface area contributed by atoms with Crippen molar-refractivity contribution in [1.29, 1.82) is 0 Å². The van der Waals surface area contributed by atoms with Gasteiger partial charge in [-0.3, -0.25) is 9.36 Å². The van der Waals surface area contributed by atoms with Crippen molar-refractivity contribution in [3.63, 3.8) is 0 Å². The zero-order chi connectivity index (χ0) is 22.1. The van der Waals surface area contributed by atoms with Gasteiger partial charge in [-0.05, 0) is 36.4 Å². The molecule has 154 valence electrons. The first-order valence-electron chi connectivity index (χ1n) is 9.27. The molecule has 0 atom stereocenters. The molecule has 1 heterocycles. The molecule has 0 aliphatic rings. The highest BCUT2D eigenvalue weighted by atomic mass is 19.1. The Morgan fingerprint density at radius 3 is 2.16 bits per heavy atom. The van der Waals surface area contributed by atoms with E-state index in [1.54, 1.807) is 36.4 Å². The van der Waals surface area contributed by atoms with Crippen LogP contribution in [-0.4, -0.2) is 16.2 Å². The number of hydrogen-bond acceptors (Lipinski definition) is 3. The third-order valence-electron chi connectivity index (χ3n) is 4.83. The second-order valence-electron chi connectivity index (χ2n) is 6.74. The van der Waals surface area contributed by atoms with E-state index >= 15 is 0 Å². The van der Waals surface area contributed by atoms with E-state index < -0.39 is 28.6 Å². The van der Waals surface area contributed by atoms with Crippen molar-refractivity contribution in [3.8, 4) is 23.3 Å². The number of aromatic nitrogens is 2. The van der Waals surface area contributed by atoms with Crippen LogP contribution < -0.4 is 16.0 Å². The van der Waals surface area contributed by atoms with E-state index in [1.807, 2.05) is 6.07 Å². The monoisotopic (exact) mass is 418 g/mol. The molecule has 4 aromatic rings. The molecule has 0 saturated heterocycles. The zero-order valence-corrected chi connectivity index (χ0v) is 16.6. The summed E-state index contributed by atoms with van der Waals surface area (Å²) in [6.07, 6.45) is 0. The van der Waals surface area contributed by atoms with E-state index in [0.717, 1.165) is 16.7 Å². The van der Waals surface area contributed by atoms with Gasteiger partial charge in [-0.25, -0.2) is 18.1 Å². The summed E-state index contributed by atoms with van der Waals surface area (Å²) in [5, 5.41) is 0.0909. The molecule has 0 aliphatic heterocycles. The molecule has 31 heavy (non-hydrogen) atoms. The smallest absolute Gasteiger partial charge is 0.336 e. The molecule has 0 bridgehead atoms. The molecule has 4 rings (SSSR count). The summed E-state index contributed by atoms with van der Waals surface area (Å²) in [4.78, 5) is 25.9. The van der Waals surface area contributed by atoms with E-state index in [-0.39, 0.29) is 16.5 Å². The summed E-state index contributed by atoms with van der Waals surface area (Å²) < 4.78 is 36.7. The lowest BCUT2D eigenvalue weighted by molar-refractivity contribution is 0.417.